The van der Waals surface area contributed by atoms with Crippen LogP contribution in [0.3, 0.4) is 0 Å². The number of ether oxygens (including phenoxy) is 2. The summed E-state index contributed by atoms with van der Waals surface area (Å²) in [5, 5.41) is 8.86. The maximum atomic E-state index is 8.86. The first kappa shape index (κ1) is 13.3. The van der Waals surface area contributed by atoms with Crippen molar-refractivity contribution in [2.24, 2.45) is 5.73 Å². The fraction of sp³-hybridized carbons (Fsp3) is 0.455. The number of aliphatic hydroxyl groups excluding tert-OH is 1. The molecule has 0 aliphatic rings. The lowest BCUT2D eigenvalue weighted by Gasteiger charge is -2.16. The van der Waals surface area contributed by atoms with Gasteiger partial charge in [-0.05, 0) is 24.1 Å². The van der Waals surface area contributed by atoms with Gasteiger partial charge in [0.05, 0.1) is 14.2 Å². The number of methoxy groups -OCH3 is 2. The van der Waals surface area contributed by atoms with Gasteiger partial charge in [0.1, 0.15) is 0 Å². The van der Waals surface area contributed by atoms with Gasteiger partial charge in [-0.3, -0.25) is 0 Å². The minimum absolute atomic E-state index is 0.0575. The molecule has 1 aromatic carbocycles. The molecule has 5 heteroatoms. The molecule has 90 valence electrons. The van der Waals surface area contributed by atoms with E-state index in [9.17, 15) is 0 Å². The smallest absolute Gasteiger partial charge is 0.161 e. The lowest BCUT2D eigenvalue weighted by atomic mass is 10.0. The molecule has 0 aliphatic carbocycles. The van der Waals surface area contributed by atoms with E-state index in [2.05, 4.69) is 15.9 Å². The van der Waals surface area contributed by atoms with Crippen LogP contribution in [0.5, 0.6) is 11.5 Å². The van der Waals surface area contributed by atoms with Crippen molar-refractivity contribution in [2.45, 2.75) is 12.5 Å². The van der Waals surface area contributed by atoms with Crippen molar-refractivity contribution in [3.8, 4) is 11.5 Å². The zero-order valence-corrected chi connectivity index (χ0v) is 11.0. The molecule has 1 aromatic rings. The molecule has 0 saturated carbocycles. The molecule has 1 rings (SSSR count). The maximum Gasteiger partial charge on any atom is 0.161 e. The number of aliphatic hydroxyl groups is 1. The highest BCUT2D eigenvalue weighted by molar-refractivity contribution is 9.10. The van der Waals surface area contributed by atoms with Crippen molar-refractivity contribution < 1.29 is 14.6 Å². The molecule has 16 heavy (non-hydrogen) atoms. The van der Waals surface area contributed by atoms with Crippen LogP contribution in [0.15, 0.2) is 16.6 Å². The summed E-state index contributed by atoms with van der Waals surface area (Å²) >= 11 is 3.42. The second-order valence-corrected chi connectivity index (χ2v) is 4.20. The third-order valence-electron chi connectivity index (χ3n) is 2.34. The second-order valence-electron chi connectivity index (χ2n) is 3.35. The van der Waals surface area contributed by atoms with E-state index in [1.54, 1.807) is 14.2 Å². The first-order valence-electron chi connectivity index (χ1n) is 4.91. The average molecular weight is 290 g/mol. The molecule has 0 radical (unpaired) electrons. The van der Waals surface area contributed by atoms with E-state index in [0.717, 1.165) is 10.0 Å². The Morgan fingerprint density at radius 2 is 1.88 bits per heavy atom. The Labute approximate surface area is 103 Å². The Kier molecular flexibility index (Phi) is 5.05. The van der Waals surface area contributed by atoms with Crippen molar-refractivity contribution in [2.75, 3.05) is 20.8 Å². The topological polar surface area (TPSA) is 64.7 Å². The number of rotatable bonds is 5. The Hall–Kier alpha value is -0.780. The van der Waals surface area contributed by atoms with E-state index in [1.807, 2.05) is 12.1 Å². The van der Waals surface area contributed by atoms with Gasteiger partial charge < -0.3 is 20.3 Å². The van der Waals surface area contributed by atoms with E-state index in [4.69, 9.17) is 20.3 Å². The summed E-state index contributed by atoms with van der Waals surface area (Å²) < 4.78 is 11.2. The van der Waals surface area contributed by atoms with E-state index in [0.29, 0.717) is 17.9 Å². The van der Waals surface area contributed by atoms with Crippen molar-refractivity contribution in [1.29, 1.82) is 0 Å². The largest absolute Gasteiger partial charge is 0.493 e. The highest BCUT2D eigenvalue weighted by atomic mass is 79.9. The van der Waals surface area contributed by atoms with Crippen LogP contribution in [0, 0.1) is 0 Å². The fourth-order valence-electron chi connectivity index (χ4n) is 1.45. The number of hydrogen-bond acceptors (Lipinski definition) is 4. The Bertz CT molecular complexity index is 357. The molecule has 0 amide bonds. The summed E-state index contributed by atoms with van der Waals surface area (Å²) in [4.78, 5) is 0. The monoisotopic (exact) mass is 289 g/mol. The standard InChI is InChI=1S/C11H16BrNO3/c1-15-10-5-7(9(13)3-4-14)8(12)6-11(10)16-2/h5-6,9,14H,3-4,13H2,1-2H3/t9-/m0/s1. The molecule has 0 aromatic heterocycles. The minimum Gasteiger partial charge on any atom is -0.493 e. The number of hydrogen-bond donors (Lipinski definition) is 2. The summed E-state index contributed by atoms with van der Waals surface area (Å²) in [5.41, 5.74) is 6.83. The lowest BCUT2D eigenvalue weighted by Crippen LogP contribution is -2.13. The molecule has 0 aliphatic heterocycles. The molecule has 1 atom stereocenters. The average Bonchev–Trinajstić information content (AvgIpc) is 2.28. The molecule has 0 saturated heterocycles. The van der Waals surface area contributed by atoms with Gasteiger partial charge in [-0.25, -0.2) is 0 Å². The van der Waals surface area contributed by atoms with E-state index >= 15 is 0 Å². The van der Waals surface area contributed by atoms with E-state index in [1.165, 1.54) is 0 Å². The van der Waals surface area contributed by atoms with Gasteiger partial charge in [0.25, 0.3) is 0 Å². The van der Waals surface area contributed by atoms with Crippen molar-refractivity contribution in [1.82, 2.24) is 0 Å². The van der Waals surface area contributed by atoms with Crippen molar-refractivity contribution >= 4 is 15.9 Å². The highest BCUT2D eigenvalue weighted by Crippen LogP contribution is 2.36. The third-order valence-corrected chi connectivity index (χ3v) is 3.03. The van der Waals surface area contributed by atoms with E-state index in [-0.39, 0.29) is 12.6 Å². The molecule has 4 nitrogen and oxygen atoms in total. The van der Waals surface area contributed by atoms with Gasteiger partial charge in [0.15, 0.2) is 11.5 Å². The zero-order chi connectivity index (χ0) is 12.1. The summed E-state index contributed by atoms with van der Waals surface area (Å²) in [6, 6.07) is 3.41. The van der Waals surface area contributed by atoms with Crippen LogP contribution < -0.4 is 15.2 Å². The normalized spacial score (nSPS) is 12.3. The maximum absolute atomic E-state index is 8.86. The number of nitrogens with two attached hydrogens (primary N) is 1. The first-order chi connectivity index (χ1) is 7.63. The SMILES string of the molecule is COc1cc(Br)c([C@@H](N)CCO)cc1OC. The van der Waals surface area contributed by atoms with Crippen LogP contribution in [-0.4, -0.2) is 25.9 Å². The lowest BCUT2D eigenvalue weighted by molar-refractivity contribution is 0.276. The predicted octanol–water partition coefficient (Wildman–Crippen LogP) is 1.85. The molecule has 0 unspecified atom stereocenters. The zero-order valence-electron chi connectivity index (χ0n) is 9.37. The van der Waals surface area contributed by atoms with Crippen molar-refractivity contribution in [3.63, 3.8) is 0 Å². The fourth-order valence-corrected chi connectivity index (χ4v) is 2.07. The third kappa shape index (κ3) is 2.87. The van der Waals surface area contributed by atoms with Crippen LogP contribution in [0.1, 0.15) is 18.0 Å². The molecule has 0 spiro atoms. The van der Waals surface area contributed by atoms with Crippen molar-refractivity contribution in [3.05, 3.63) is 22.2 Å². The first-order valence-corrected chi connectivity index (χ1v) is 5.71. The molecular formula is C11H16BrNO3. The number of benzene rings is 1. The van der Waals surface area contributed by atoms with Gasteiger partial charge in [-0.15, -0.1) is 0 Å². The number of halogens is 1. The molecule has 0 bridgehead atoms. The van der Waals surface area contributed by atoms with Gasteiger partial charge in [-0.1, -0.05) is 15.9 Å². The highest BCUT2D eigenvalue weighted by Gasteiger charge is 2.14. The molecule has 0 heterocycles. The predicted molar refractivity (Wildman–Crippen MR) is 65.9 cm³/mol. The molecular weight excluding hydrogens is 274 g/mol. The summed E-state index contributed by atoms with van der Waals surface area (Å²) in [5.74, 6) is 1.28. The quantitative estimate of drug-likeness (QED) is 0.868. The summed E-state index contributed by atoms with van der Waals surface area (Å²) in [6.07, 6.45) is 0.508. The van der Waals surface area contributed by atoms with Crippen LogP contribution in [0.25, 0.3) is 0 Å². The Balaban J connectivity index is 3.10. The minimum atomic E-state index is -0.223. The van der Waals surface area contributed by atoms with Gasteiger partial charge >= 0.3 is 0 Å². The second kappa shape index (κ2) is 6.08. The van der Waals surface area contributed by atoms with Gasteiger partial charge in [0, 0.05) is 17.1 Å². The Morgan fingerprint density at radius 3 is 2.38 bits per heavy atom. The van der Waals surface area contributed by atoms with Gasteiger partial charge in [-0.2, -0.15) is 0 Å². The Morgan fingerprint density at radius 1 is 1.31 bits per heavy atom. The summed E-state index contributed by atoms with van der Waals surface area (Å²) in [6.45, 7) is 0.0575. The van der Waals surface area contributed by atoms with Crippen LogP contribution in [0.4, 0.5) is 0 Å². The van der Waals surface area contributed by atoms with Gasteiger partial charge in [0.2, 0.25) is 0 Å². The summed E-state index contributed by atoms with van der Waals surface area (Å²) in [7, 11) is 3.16. The van der Waals surface area contributed by atoms with E-state index < -0.39 is 0 Å². The molecule has 0 fully saturated rings. The van der Waals surface area contributed by atoms with Crippen LogP contribution >= 0.6 is 15.9 Å². The molecule has 3 N–H and O–H groups in total. The van der Waals surface area contributed by atoms with Crippen LogP contribution in [0.2, 0.25) is 0 Å². The van der Waals surface area contributed by atoms with Crippen LogP contribution in [-0.2, 0) is 0 Å².